The first-order valence-corrected chi connectivity index (χ1v) is 5.41. The molecule has 0 aromatic carbocycles. The number of hydrogen-bond acceptors (Lipinski definition) is 2. The minimum atomic E-state index is -0.810. The maximum absolute atomic E-state index is 9.18. The van der Waals surface area contributed by atoms with Crippen molar-refractivity contribution in [1.82, 2.24) is 0 Å². The first-order chi connectivity index (χ1) is 6.61. The zero-order chi connectivity index (χ0) is 11.0. The summed E-state index contributed by atoms with van der Waals surface area (Å²) >= 11 is 0. The number of unbranched alkanes of at least 4 members (excludes halogenated alkanes) is 1. The molecule has 0 fully saturated rings. The molecule has 14 heavy (non-hydrogen) atoms. The summed E-state index contributed by atoms with van der Waals surface area (Å²) in [5.74, 6) is 0. The van der Waals surface area contributed by atoms with Gasteiger partial charge in [0.1, 0.15) is 6.23 Å². The fourth-order valence-electron chi connectivity index (χ4n) is 1.21. The number of rotatable bonds is 6. The quantitative estimate of drug-likeness (QED) is 0.508. The van der Waals surface area contributed by atoms with Crippen molar-refractivity contribution in [2.45, 2.75) is 52.7 Å². The second-order valence-corrected chi connectivity index (χ2v) is 3.66. The average Bonchev–Trinajstić information content (AvgIpc) is 2.15. The van der Waals surface area contributed by atoms with Crippen molar-refractivity contribution in [2.24, 2.45) is 5.73 Å². The Balaban J connectivity index is 4.19. The molecule has 2 heteroatoms. The predicted molar refractivity (Wildman–Crippen MR) is 61.9 cm³/mol. The molecular weight excluding hydrogens is 174 g/mol. The van der Waals surface area contributed by atoms with Crippen LogP contribution in [0.1, 0.15) is 46.5 Å². The molecule has 0 heterocycles. The third-order valence-corrected chi connectivity index (χ3v) is 2.29. The predicted octanol–water partition coefficient (Wildman–Crippen LogP) is 2.74. The maximum Gasteiger partial charge on any atom is 0.124 e. The smallest absolute Gasteiger partial charge is 0.124 e. The molecule has 0 bridgehead atoms. The van der Waals surface area contributed by atoms with E-state index in [-0.39, 0.29) is 0 Å². The van der Waals surface area contributed by atoms with Gasteiger partial charge in [-0.05, 0) is 31.8 Å². The topological polar surface area (TPSA) is 46.2 Å². The molecule has 0 spiro atoms. The summed E-state index contributed by atoms with van der Waals surface area (Å²) in [5.41, 5.74) is 7.63. The molecule has 1 atom stereocenters. The zero-order valence-electron chi connectivity index (χ0n) is 9.59. The van der Waals surface area contributed by atoms with E-state index in [0.29, 0.717) is 0 Å². The van der Waals surface area contributed by atoms with E-state index in [0.717, 1.165) is 18.4 Å². The van der Waals surface area contributed by atoms with Gasteiger partial charge in [0.25, 0.3) is 0 Å². The fourth-order valence-corrected chi connectivity index (χ4v) is 1.21. The minimum absolute atomic E-state index is 0.801. The van der Waals surface area contributed by atoms with Gasteiger partial charge in [-0.1, -0.05) is 38.0 Å². The first-order valence-electron chi connectivity index (χ1n) is 5.41. The van der Waals surface area contributed by atoms with E-state index in [1.54, 1.807) is 0 Å². The first kappa shape index (κ1) is 13.4. The third-order valence-electron chi connectivity index (χ3n) is 2.29. The van der Waals surface area contributed by atoms with Gasteiger partial charge in [0.2, 0.25) is 0 Å². The monoisotopic (exact) mass is 197 g/mol. The van der Waals surface area contributed by atoms with Gasteiger partial charge in [-0.25, -0.2) is 0 Å². The van der Waals surface area contributed by atoms with Crippen LogP contribution < -0.4 is 5.73 Å². The third kappa shape index (κ3) is 5.95. The van der Waals surface area contributed by atoms with E-state index in [1.165, 1.54) is 18.4 Å². The molecule has 0 aliphatic heterocycles. The molecule has 82 valence electrons. The van der Waals surface area contributed by atoms with E-state index < -0.39 is 6.23 Å². The lowest BCUT2D eigenvalue weighted by atomic mass is 10.1. The Kier molecular flexibility index (Phi) is 7.44. The van der Waals surface area contributed by atoms with Crippen LogP contribution in [-0.2, 0) is 0 Å². The van der Waals surface area contributed by atoms with Gasteiger partial charge in [0.15, 0.2) is 0 Å². The van der Waals surface area contributed by atoms with E-state index in [2.05, 4.69) is 19.9 Å². The normalized spacial score (nSPS) is 15.8. The lowest BCUT2D eigenvalue weighted by Crippen LogP contribution is -2.20. The highest BCUT2D eigenvalue weighted by Gasteiger charge is 2.00. The van der Waals surface area contributed by atoms with Crippen molar-refractivity contribution in [3.05, 3.63) is 23.3 Å². The summed E-state index contributed by atoms with van der Waals surface area (Å²) in [4.78, 5) is 0. The number of aliphatic hydroxyl groups is 1. The fraction of sp³-hybridized carbons (Fsp3) is 0.667. The van der Waals surface area contributed by atoms with Crippen LogP contribution >= 0.6 is 0 Å². The van der Waals surface area contributed by atoms with E-state index in [9.17, 15) is 5.11 Å². The van der Waals surface area contributed by atoms with Gasteiger partial charge in [0.05, 0.1) is 0 Å². The highest BCUT2D eigenvalue weighted by Crippen LogP contribution is 2.09. The summed E-state index contributed by atoms with van der Waals surface area (Å²) in [6, 6.07) is 0. The van der Waals surface area contributed by atoms with Gasteiger partial charge in [-0.15, -0.1) is 0 Å². The second-order valence-electron chi connectivity index (χ2n) is 3.66. The molecular formula is C12H23NO. The lowest BCUT2D eigenvalue weighted by Gasteiger charge is -2.06. The molecule has 0 saturated carbocycles. The molecule has 2 nitrogen and oxygen atoms in total. The standard InChI is InChI=1S/C12H23NO/c1-4-6-7-10(3)8-9-11(5-2)12(13)14/h8-9,12,14H,4-7,13H2,1-3H3/b10-8+,11-9+. The molecule has 0 aromatic rings. The van der Waals surface area contributed by atoms with Crippen molar-refractivity contribution >= 4 is 0 Å². The number of allylic oxidation sites excluding steroid dienone is 3. The molecule has 0 aliphatic carbocycles. The van der Waals surface area contributed by atoms with Gasteiger partial charge in [0, 0.05) is 0 Å². The molecule has 0 radical (unpaired) electrons. The van der Waals surface area contributed by atoms with Crippen LogP contribution in [0.5, 0.6) is 0 Å². The van der Waals surface area contributed by atoms with E-state index in [4.69, 9.17) is 5.73 Å². The van der Waals surface area contributed by atoms with Crippen LogP contribution in [0.25, 0.3) is 0 Å². The van der Waals surface area contributed by atoms with E-state index >= 15 is 0 Å². The van der Waals surface area contributed by atoms with Crippen LogP contribution in [0, 0.1) is 0 Å². The molecule has 0 aromatic heterocycles. The summed E-state index contributed by atoms with van der Waals surface area (Å²) in [7, 11) is 0. The minimum Gasteiger partial charge on any atom is -0.375 e. The Morgan fingerprint density at radius 1 is 1.36 bits per heavy atom. The van der Waals surface area contributed by atoms with Crippen molar-refractivity contribution in [3.8, 4) is 0 Å². The van der Waals surface area contributed by atoms with Gasteiger partial charge < -0.3 is 10.8 Å². The summed E-state index contributed by atoms with van der Waals surface area (Å²) in [6.45, 7) is 6.30. The van der Waals surface area contributed by atoms with Gasteiger partial charge in [-0.2, -0.15) is 0 Å². The van der Waals surface area contributed by atoms with Gasteiger partial charge in [-0.3, -0.25) is 0 Å². The SMILES string of the molecule is CCCC/C(C)=C/C=C(\CC)C(N)O. The highest BCUT2D eigenvalue weighted by molar-refractivity contribution is 5.18. The Hall–Kier alpha value is -0.600. The van der Waals surface area contributed by atoms with Crippen LogP contribution in [-0.4, -0.2) is 11.3 Å². The van der Waals surface area contributed by atoms with Crippen LogP contribution in [0.2, 0.25) is 0 Å². The lowest BCUT2D eigenvalue weighted by molar-refractivity contribution is 0.215. The van der Waals surface area contributed by atoms with Gasteiger partial charge >= 0.3 is 0 Å². The number of nitrogens with two attached hydrogens (primary N) is 1. The Morgan fingerprint density at radius 2 is 2.00 bits per heavy atom. The maximum atomic E-state index is 9.18. The largest absolute Gasteiger partial charge is 0.375 e. The van der Waals surface area contributed by atoms with Crippen molar-refractivity contribution < 1.29 is 5.11 Å². The van der Waals surface area contributed by atoms with Crippen molar-refractivity contribution in [3.63, 3.8) is 0 Å². The van der Waals surface area contributed by atoms with Crippen LogP contribution in [0.4, 0.5) is 0 Å². The van der Waals surface area contributed by atoms with Crippen LogP contribution in [0.15, 0.2) is 23.3 Å². The molecule has 3 N–H and O–H groups in total. The van der Waals surface area contributed by atoms with Crippen molar-refractivity contribution in [1.29, 1.82) is 0 Å². The summed E-state index contributed by atoms with van der Waals surface area (Å²) < 4.78 is 0. The molecule has 1 unspecified atom stereocenters. The van der Waals surface area contributed by atoms with Crippen molar-refractivity contribution in [2.75, 3.05) is 0 Å². The highest BCUT2D eigenvalue weighted by atomic mass is 16.3. The Labute approximate surface area is 87.5 Å². The van der Waals surface area contributed by atoms with Crippen LogP contribution in [0.3, 0.4) is 0 Å². The average molecular weight is 197 g/mol. The molecule has 0 aliphatic rings. The summed E-state index contributed by atoms with van der Waals surface area (Å²) in [5, 5.41) is 9.18. The number of aliphatic hydroxyl groups excluding tert-OH is 1. The molecule has 0 saturated heterocycles. The zero-order valence-corrected chi connectivity index (χ0v) is 9.59. The molecule has 0 amide bonds. The second kappa shape index (κ2) is 7.77. The Morgan fingerprint density at radius 3 is 2.43 bits per heavy atom. The van der Waals surface area contributed by atoms with E-state index in [1.807, 2.05) is 13.0 Å². The Bertz CT molecular complexity index is 204. The molecule has 0 rings (SSSR count). The summed E-state index contributed by atoms with van der Waals surface area (Å²) in [6.07, 6.45) is 7.56. The number of hydrogen-bond donors (Lipinski definition) is 2.